The van der Waals surface area contributed by atoms with E-state index in [1.807, 2.05) is 24.3 Å². The van der Waals surface area contributed by atoms with Crippen LogP contribution in [0.3, 0.4) is 0 Å². The number of benzene rings is 3. The monoisotopic (exact) mass is 489 g/mol. The number of hydrogen-bond donors (Lipinski definition) is 0. The number of hydrogen-bond acceptors (Lipinski definition) is 3. The van der Waals surface area contributed by atoms with Crippen LogP contribution < -0.4 is 35.4 Å². The highest BCUT2D eigenvalue weighted by Gasteiger charge is 2.28. The van der Waals surface area contributed by atoms with Gasteiger partial charge in [0.1, 0.15) is 11.5 Å². The molecule has 0 aliphatic rings. The van der Waals surface area contributed by atoms with Crippen molar-refractivity contribution >= 4 is 0 Å². The molecule has 3 rings (SSSR count). The predicted molar refractivity (Wildman–Crippen MR) is 109 cm³/mol. The maximum atomic E-state index is 5.65. The molecule has 0 aliphatic carbocycles. The largest absolute Gasteiger partial charge is 0.497 e. The number of ether oxygens (including phenoxy) is 3. The van der Waals surface area contributed by atoms with Crippen molar-refractivity contribution in [3.63, 3.8) is 0 Å². The molecular formula is C24H26IO3+. The van der Waals surface area contributed by atoms with Crippen molar-refractivity contribution in [1.82, 2.24) is 0 Å². The first-order chi connectivity index (χ1) is 13.5. The van der Waals surface area contributed by atoms with Crippen LogP contribution in [0.2, 0.25) is 0 Å². The molecule has 0 fully saturated rings. The minimum atomic E-state index is -0.361. The third-order valence-corrected chi connectivity index (χ3v) is 7.71. The van der Waals surface area contributed by atoms with Crippen molar-refractivity contribution in [2.24, 2.45) is 0 Å². The van der Waals surface area contributed by atoms with Gasteiger partial charge >= 0.3 is 21.2 Å². The lowest BCUT2D eigenvalue weighted by molar-refractivity contribution is -0.598. The molecule has 0 unspecified atom stereocenters. The highest BCUT2D eigenvalue weighted by Crippen LogP contribution is 2.33. The van der Waals surface area contributed by atoms with Crippen LogP contribution in [-0.2, 0) is 5.41 Å². The minimum Gasteiger partial charge on any atom is -0.497 e. The van der Waals surface area contributed by atoms with Crippen LogP contribution in [-0.4, -0.2) is 21.3 Å². The molecule has 3 aromatic carbocycles. The summed E-state index contributed by atoms with van der Waals surface area (Å²) in [6.07, 6.45) is 0. The average Bonchev–Trinajstić information content (AvgIpc) is 2.74. The summed E-state index contributed by atoms with van der Waals surface area (Å²) >= 11 is -0.361. The fourth-order valence-corrected chi connectivity index (χ4v) is 5.60. The zero-order valence-corrected chi connectivity index (χ0v) is 19.1. The molecule has 0 N–H and O–H groups in total. The van der Waals surface area contributed by atoms with Crippen LogP contribution in [0.1, 0.15) is 25.0 Å². The Hall–Kier alpha value is -2.21. The molecule has 0 heterocycles. The zero-order chi connectivity index (χ0) is 20.1. The molecule has 0 bridgehead atoms. The lowest BCUT2D eigenvalue weighted by atomic mass is 9.78. The first kappa shape index (κ1) is 20.5. The Morgan fingerprint density at radius 2 is 1.18 bits per heavy atom. The van der Waals surface area contributed by atoms with E-state index in [1.165, 1.54) is 18.3 Å². The topological polar surface area (TPSA) is 27.7 Å². The van der Waals surface area contributed by atoms with Gasteiger partial charge in [0.2, 0.25) is 3.57 Å². The second-order valence-corrected chi connectivity index (χ2v) is 9.90. The van der Waals surface area contributed by atoms with Gasteiger partial charge in [-0.2, -0.15) is 0 Å². The average molecular weight is 489 g/mol. The standard InChI is InChI=1S/C24H26IO3/c1-24(2,17-6-11-20(26-3)12-7-17)18-8-15-23(28-5)22(16-18)25-19-9-13-21(27-4)14-10-19/h6-16H,1-5H3/q+1. The van der Waals surface area contributed by atoms with Gasteiger partial charge in [0.05, 0.1) is 21.3 Å². The Morgan fingerprint density at radius 3 is 1.71 bits per heavy atom. The van der Waals surface area contributed by atoms with Crippen molar-refractivity contribution in [2.45, 2.75) is 19.3 Å². The van der Waals surface area contributed by atoms with Gasteiger partial charge in [0, 0.05) is 5.41 Å². The van der Waals surface area contributed by atoms with E-state index in [9.17, 15) is 0 Å². The first-order valence-electron chi connectivity index (χ1n) is 9.10. The molecule has 0 saturated carbocycles. The van der Waals surface area contributed by atoms with Gasteiger partial charge in [-0.3, -0.25) is 0 Å². The Morgan fingerprint density at radius 1 is 0.643 bits per heavy atom. The molecular weight excluding hydrogens is 463 g/mol. The summed E-state index contributed by atoms with van der Waals surface area (Å²) in [7, 11) is 5.13. The van der Waals surface area contributed by atoms with Crippen LogP contribution in [0.15, 0.2) is 66.7 Å². The molecule has 4 heteroatoms. The third-order valence-electron chi connectivity index (χ3n) is 4.95. The van der Waals surface area contributed by atoms with Crippen LogP contribution in [0.5, 0.6) is 17.2 Å². The SMILES string of the molecule is COc1ccc([I+]c2cc(C(C)(C)c3ccc(OC)cc3)ccc2OC)cc1. The molecule has 3 nitrogen and oxygen atoms in total. The Labute approximate surface area is 177 Å². The molecule has 0 atom stereocenters. The maximum absolute atomic E-state index is 5.65. The summed E-state index contributed by atoms with van der Waals surface area (Å²) in [4.78, 5) is 0. The van der Waals surface area contributed by atoms with Gasteiger partial charge in [-0.1, -0.05) is 32.0 Å². The van der Waals surface area contributed by atoms with Crippen LogP contribution in [0, 0.1) is 7.14 Å². The molecule has 0 amide bonds. The summed E-state index contributed by atoms with van der Waals surface area (Å²) < 4.78 is 18.8. The predicted octanol–water partition coefficient (Wildman–Crippen LogP) is 2.17. The quantitative estimate of drug-likeness (QED) is 0.477. The van der Waals surface area contributed by atoms with E-state index in [1.54, 1.807) is 21.3 Å². The third kappa shape index (κ3) is 4.43. The highest BCUT2D eigenvalue weighted by molar-refractivity contribution is 5.41. The Kier molecular flexibility index (Phi) is 6.50. The van der Waals surface area contributed by atoms with Crippen molar-refractivity contribution in [1.29, 1.82) is 0 Å². The number of halogens is 1. The molecule has 3 aromatic rings. The fraction of sp³-hybridized carbons (Fsp3) is 0.250. The molecule has 0 aliphatic heterocycles. The van der Waals surface area contributed by atoms with Gasteiger partial charge in [-0.15, -0.1) is 0 Å². The Balaban J connectivity index is 1.94. The minimum absolute atomic E-state index is 0.114. The lowest BCUT2D eigenvalue weighted by Crippen LogP contribution is -3.61. The van der Waals surface area contributed by atoms with Gasteiger partial charge in [0.25, 0.3) is 0 Å². The highest BCUT2D eigenvalue weighted by atomic mass is 127. The van der Waals surface area contributed by atoms with E-state index in [-0.39, 0.29) is 26.6 Å². The van der Waals surface area contributed by atoms with E-state index in [0.717, 1.165) is 17.2 Å². The van der Waals surface area contributed by atoms with Crippen molar-refractivity contribution in [3.8, 4) is 17.2 Å². The summed E-state index contributed by atoms with van der Waals surface area (Å²) in [5.41, 5.74) is 2.42. The summed E-state index contributed by atoms with van der Waals surface area (Å²) in [5, 5.41) is 0. The van der Waals surface area contributed by atoms with Crippen LogP contribution in [0.4, 0.5) is 0 Å². The van der Waals surface area contributed by atoms with E-state index in [4.69, 9.17) is 14.2 Å². The second-order valence-electron chi connectivity index (χ2n) is 6.96. The summed E-state index contributed by atoms with van der Waals surface area (Å²) in [6.45, 7) is 4.51. The van der Waals surface area contributed by atoms with Gasteiger partial charge in [-0.25, -0.2) is 0 Å². The maximum Gasteiger partial charge on any atom is 0.362 e. The molecule has 146 valence electrons. The fourth-order valence-electron chi connectivity index (χ4n) is 3.05. The molecule has 0 aromatic heterocycles. The summed E-state index contributed by atoms with van der Waals surface area (Å²) in [5.74, 6) is 2.72. The van der Waals surface area contributed by atoms with E-state index < -0.39 is 0 Å². The van der Waals surface area contributed by atoms with Gasteiger partial charge in [-0.05, 0) is 59.7 Å². The normalized spacial score (nSPS) is 11.2. The zero-order valence-electron chi connectivity index (χ0n) is 17.0. The smallest absolute Gasteiger partial charge is 0.362 e. The van der Waals surface area contributed by atoms with Crippen LogP contribution in [0.25, 0.3) is 0 Å². The molecule has 0 radical (unpaired) electrons. The van der Waals surface area contributed by atoms with Crippen molar-refractivity contribution < 1.29 is 35.4 Å². The van der Waals surface area contributed by atoms with E-state index in [0.29, 0.717) is 0 Å². The number of methoxy groups -OCH3 is 3. The summed E-state index contributed by atoms with van der Waals surface area (Å²) in [6, 6.07) is 23.2. The Bertz CT molecular complexity index is 916. The van der Waals surface area contributed by atoms with Crippen molar-refractivity contribution in [2.75, 3.05) is 21.3 Å². The lowest BCUT2D eigenvalue weighted by Gasteiger charge is -2.26. The molecule has 0 spiro atoms. The second kappa shape index (κ2) is 8.86. The van der Waals surface area contributed by atoms with Gasteiger partial charge in [0.15, 0.2) is 9.32 Å². The van der Waals surface area contributed by atoms with E-state index in [2.05, 4.69) is 56.3 Å². The molecule has 28 heavy (non-hydrogen) atoms. The van der Waals surface area contributed by atoms with Crippen molar-refractivity contribution in [3.05, 3.63) is 85.0 Å². The van der Waals surface area contributed by atoms with E-state index >= 15 is 0 Å². The van der Waals surface area contributed by atoms with Gasteiger partial charge < -0.3 is 14.2 Å². The molecule has 0 saturated heterocycles. The van der Waals surface area contributed by atoms with Crippen LogP contribution >= 0.6 is 0 Å². The first-order valence-corrected chi connectivity index (χ1v) is 11.3. The number of rotatable bonds is 7.